The van der Waals surface area contributed by atoms with E-state index >= 15 is 0 Å². The van der Waals surface area contributed by atoms with Crippen LogP contribution in [0.25, 0.3) is 10.8 Å². The Balaban J connectivity index is 1.68. The summed E-state index contributed by atoms with van der Waals surface area (Å²) in [7, 11) is 0. The van der Waals surface area contributed by atoms with Crippen LogP contribution in [0.3, 0.4) is 0 Å². The average Bonchev–Trinajstić information content (AvgIpc) is 2.48. The highest BCUT2D eigenvalue weighted by Gasteiger charge is 2.22. The molecule has 0 unspecified atom stereocenters. The standard InChI is InChI=1S/C17H18FNO2/c18-16-4-3-14-10-13(1-2-15(14)11-16)9-12-5-7-19(8-6-12)17(20)21/h1-4,10-12H,5-9H2,(H,20,21). The fourth-order valence-electron chi connectivity index (χ4n) is 3.05. The van der Waals surface area contributed by atoms with Crippen molar-refractivity contribution in [1.82, 2.24) is 4.90 Å². The molecule has 1 heterocycles. The summed E-state index contributed by atoms with van der Waals surface area (Å²) in [6, 6.07) is 11.0. The Morgan fingerprint density at radius 3 is 2.52 bits per heavy atom. The molecule has 0 spiro atoms. The summed E-state index contributed by atoms with van der Waals surface area (Å²) >= 11 is 0. The van der Waals surface area contributed by atoms with Crippen LogP contribution in [0.1, 0.15) is 18.4 Å². The Morgan fingerprint density at radius 1 is 1.14 bits per heavy atom. The highest BCUT2D eigenvalue weighted by atomic mass is 19.1. The maximum atomic E-state index is 13.2. The summed E-state index contributed by atoms with van der Waals surface area (Å²) < 4.78 is 13.2. The Kier molecular flexibility index (Phi) is 3.78. The minimum absolute atomic E-state index is 0.212. The molecular weight excluding hydrogens is 269 g/mol. The molecule has 1 aliphatic heterocycles. The monoisotopic (exact) mass is 287 g/mol. The Labute approximate surface area is 123 Å². The molecule has 0 atom stereocenters. The van der Waals surface area contributed by atoms with Gasteiger partial charge >= 0.3 is 6.09 Å². The third kappa shape index (κ3) is 3.15. The molecule has 1 aliphatic rings. The van der Waals surface area contributed by atoms with Gasteiger partial charge in [0.2, 0.25) is 0 Å². The first-order valence-corrected chi connectivity index (χ1v) is 7.28. The number of benzene rings is 2. The van der Waals surface area contributed by atoms with E-state index in [2.05, 4.69) is 6.07 Å². The zero-order chi connectivity index (χ0) is 14.8. The lowest BCUT2D eigenvalue weighted by atomic mass is 9.89. The van der Waals surface area contributed by atoms with Gasteiger partial charge in [-0.1, -0.05) is 24.3 Å². The van der Waals surface area contributed by atoms with Crippen LogP contribution in [0.5, 0.6) is 0 Å². The third-order valence-electron chi connectivity index (χ3n) is 4.28. The molecule has 1 fully saturated rings. The van der Waals surface area contributed by atoms with Crippen LogP contribution in [0, 0.1) is 11.7 Å². The number of halogens is 1. The van der Waals surface area contributed by atoms with Crippen molar-refractivity contribution in [3.8, 4) is 0 Å². The molecule has 1 N–H and O–H groups in total. The number of carbonyl (C=O) groups is 1. The first kappa shape index (κ1) is 13.9. The Bertz CT molecular complexity index is 663. The maximum absolute atomic E-state index is 13.2. The molecule has 3 rings (SSSR count). The van der Waals surface area contributed by atoms with E-state index in [1.165, 1.54) is 16.5 Å². The van der Waals surface area contributed by atoms with Crippen LogP contribution >= 0.6 is 0 Å². The number of amides is 1. The fourth-order valence-corrected chi connectivity index (χ4v) is 3.05. The molecular formula is C17H18FNO2. The summed E-state index contributed by atoms with van der Waals surface area (Å²) in [6.07, 6.45) is 1.96. The van der Waals surface area contributed by atoms with Gasteiger partial charge in [0.25, 0.3) is 0 Å². The second-order valence-electron chi connectivity index (χ2n) is 5.74. The van der Waals surface area contributed by atoms with Crippen LogP contribution in [0.15, 0.2) is 36.4 Å². The molecule has 1 amide bonds. The molecule has 0 radical (unpaired) electrons. The van der Waals surface area contributed by atoms with E-state index < -0.39 is 6.09 Å². The van der Waals surface area contributed by atoms with E-state index in [1.54, 1.807) is 12.1 Å². The third-order valence-corrected chi connectivity index (χ3v) is 4.28. The van der Waals surface area contributed by atoms with Crippen LogP contribution < -0.4 is 0 Å². The van der Waals surface area contributed by atoms with Gasteiger partial charge in [-0.25, -0.2) is 9.18 Å². The van der Waals surface area contributed by atoms with Crippen LogP contribution in [0.4, 0.5) is 9.18 Å². The van der Waals surface area contributed by atoms with Crippen LogP contribution in [0.2, 0.25) is 0 Å². The topological polar surface area (TPSA) is 40.5 Å². The molecule has 0 saturated carbocycles. The minimum Gasteiger partial charge on any atom is -0.465 e. The van der Waals surface area contributed by atoms with Crippen molar-refractivity contribution in [3.63, 3.8) is 0 Å². The van der Waals surface area contributed by atoms with Gasteiger partial charge < -0.3 is 10.0 Å². The zero-order valence-corrected chi connectivity index (χ0v) is 11.8. The summed E-state index contributed by atoms with van der Waals surface area (Å²) in [4.78, 5) is 12.4. The molecule has 2 aromatic carbocycles. The molecule has 2 aromatic rings. The lowest BCUT2D eigenvalue weighted by Crippen LogP contribution is -2.37. The van der Waals surface area contributed by atoms with Crippen molar-refractivity contribution < 1.29 is 14.3 Å². The largest absolute Gasteiger partial charge is 0.465 e. The summed E-state index contributed by atoms with van der Waals surface area (Å²) in [5.41, 5.74) is 1.24. The number of carboxylic acid groups (broad SMARTS) is 1. The number of rotatable bonds is 2. The fraction of sp³-hybridized carbons (Fsp3) is 0.353. The van der Waals surface area contributed by atoms with Crippen molar-refractivity contribution in [2.75, 3.05) is 13.1 Å². The van der Waals surface area contributed by atoms with E-state index in [-0.39, 0.29) is 5.82 Å². The number of fused-ring (bicyclic) bond motifs is 1. The normalized spacial score (nSPS) is 16.3. The van der Waals surface area contributed by atoms with E-state index in [1.807, 2.05) is 12.1 Å². The second-order valence-corrected chi connectivity index (χ2v) is 5.74. The summed E-state index contributed by atoms with van der Waals surface area (Å²) in [5.74, 6) is 0.315. The van der Waals surface area contributed by atoms with Crippen molar-refractivity contribution in [1.29, 1.82) is 0 Å². The van der Waals surface area contributed by atoms with Crippen molar-refractivity contribution in [2.24, 2.45) is 5.92 Å². The molecule has 1 saturated heterocycles. The predicted molar refractivity (Wildman–Crippen MR) is 79.9 cm³/mol. The Hall–Kier alpha value is -2.10. The molecule has 3 nitrogen and oxygen atoms in total. The molecule has 110 valence electrons. The number of nitrogens with zero attached hydrogens (tertiary/aromatic N) is 1. The smallest absolute Gasteiger partial charge is 0.407 e. The molecule has 21 heavy (non-hydrogen) atoms. The van der Waals surface area contributed by atoms with Crippen molar-refractivity contribution in [3.05, 3.63) is 47.8 Å². The number of piperidine rings is 1. The molecule has 4 heteroatoms. The maximum Gasteiger partial charge on any atom is 0.407 e. The first-order chi connectivity index (χ1) is 10.1. The molecule has 0 aliphatic carbocycles. The Morgan fingerprint density at radius 2 is 1.81 bits per heavy atom. The lowest BCUT2D eigenvalue weighted by Gasteiger charge is -2.30. The highest BCUT2D eigenvalue weighted by Crippen LogP contribution is 2.24. The van der Waals surface area contributed by atoms with Gasteiger partial charge in [-0.15, -0.1) is 0 Å². The number of likely N-dealkylation sites (tertiary alicyclic amines) is 1. The van der Waals surface area contributed by atoms with E-state index in [4.69, 9.17) is 5.11 Å². The van der Waals surface area contributed by atoms with Gasteiger partial charge in [0.1, 0.15) is 5.82 Å². The first-order valence-electron chi connectivity index (χ1n) is 7.28. The number of hydrogen-bond acceptors (Lipinski definition) is 1. The number of hydrogen-bond donors (Lipinski definition) is 1. The van der Waals surface area contributed by atoms with Crippen molar-refractivity contribution >= 4 is 16.9 Å². The molecule has 0 aromatic heterocycles. The summed E-state index contributed by atoms with van der Waals surface area (Å²) in [5, 5.41) is 10.9. The van der Waals surface area contributed by atoms with Gasteiger partial charge in [0.05, 0.1) is 0 Å². The van der Waals surface area contributed by atoms with E-state index in [0.29, 0.717) is 19.0 Å². The van der Waals surface area contributed by atoms with Gasteiger partial charge in [-0.3, -0.25) is 0 Å². The van der Waals surface area contributed by atoms with E-state index in [9.17, 15) is 9.18 Å². The van der Waals surface area contributed by atoms with Gasteiger partial charge in [-0.2, -0.15) is 0 Å². The second kappa shape index (κ2) is 5.72. The van der Waals surface area contributed by atoms with Gasteiger partial charge in [0.15, 0.2) is 0 Å². The van der Waals surface area contributed by atoms with Gasteiger partial charge in [-0.05, 0) is 53.6 Å². The SMILES string of the molecule is O=C(O)N1CCC(Cc2ccc3cc(F)ccc3c2)CC1. The minimum atomic E-state index is -0.818. The zero-order valence-electron chi connectivity index (χ0n) is 11.8. The lowest BCUT2D eigenvalue weighted by molar-refractivity contribution is 0.124. The average molecular weight is 287 g/mol. The predicted octanol–water partition coefficient (Wildman–Crippen LogP) is 3.91. The van der Waals surface area contributed by atoms with Crippen LogP contribution in [-0.4, -0.2) is 29.2 Å². The molecule has 0 bridgehead atoms. The van der Waals surface area contributed by atoms with Gasteiger partial charge in [0, 0.05) is 13.1 Å². The quantitative estimate of drug-likeness (QED) is 0.909. The van der Waals surface area contributed by atoms with E-state index in [0.717, 1.165) is 30.0 Å². The van der Waals surface area contributed by atoms with Crippen LogP contribution in [-0.2, 0) is 6.42 Å². The highest BCUT2D eigenvalue weighted by molar-refractivity contribution is 5.83. The van der Waals surface area contributed by atoms with Crippen molar-refractivity contribution in [2.45, 2.75) is 19.3 Å². The summed E-state index contributed by atoms with van der Waals surface area (Å²) in [6.45, 7) is 1.25.